The number of amides is 1. The van der Waals surface area contributed by atoms with E-state index in [2.05, 4.69) is 10.0 Å². The molecule has 0 heterocycles. The van der Waals surface area contributed by atoms with Crippen LogP contribution < -0.4 is 10.0 Å². The molecule has 0 radical (unpaired) electrons. The second-order valence-electron chi connectivity index (χ2n) is 5.55. The van der Waals surface area contributed by atoms with Crippen LogP contribution in [0.5, 0.6) is 0 Å². The Kier molecular flexibility index (Phi) is 6.11. The van der Waals surface area contributed by atoms with E-state index in [4.69, 9.17) is 0 Å². The summed E-state index contributed by atoms with van der Waals surface area (Å²) in [4.78, 5) is 12.4. The molecule has 0 saturated heterocycles. The first-order valence-corrected chi connectivity index (χ1v) is 9.35. The zero-order valence-corrected chi connectivity index (χ0v) is 14.6. The molecule has 0 saturated carbocycles. The van der Waals surface area contributed by atoms with E-state index < -0.39 is 10.0 Å². The Morgan fingerprint density at radius 2 is 1.79 bits per heavy atom. The van der Waals surface area contributed by atoms with Crippen molar-refractivity contribution in [3.8, 4) is 0 Å². The largest absolute Gasteiger partial charge is 0.351 e. The van der Waals surface area contributed by atoms with Gasteiger partial charge in [-0.2, -0.15) is 0 Å². The molecule has 2 rings (SSSR count). The minimum absolute atomic E-state index is 0.0908. The first-order chi connectivity index (χ1) is 11.4. The molecule has 0 aliphatic carbocycles. The molecule has 5 nitrogen and oxygen atoms in total. The van der Waals surface area contributed by atoms with Gasteiger partial charge in [-0.1, -0.05) is 50.2 Å². The van der Waals surface area contributed by atoms with Crippen LogP contribution in [0.25, 0.3) is 0 Å². The Bertz CT molecular complexity index is 789. The number of rotatable bonds is 7. The van der Waals surface area contributed by atoms with Crippen LogP contribution in [0.2, 0.25) is 0 Å². The van der Waals surface area contributed by atoms with Crippen LogP contribution in [-0.2, 0) is 10.0 Å². The third-order valence-electron chi connectivity index (χ3n) is 3.68. The number of hydrogen-bond acceptors (Lipinski definition) is 3. The second-order valence-corrected chi connectivity index (χ2v) is 7.32. The molecule has 1 unspecified atom stereocenters. The van der Waals surface area contributed by atoms with E-state index in [9.17, 15) is 13.2 Å². The third kappa shape index (κ3) is 4.66. The predicted octanol–water partition coefficient (Wildman–Crippen LogP) is 2.52. The Morgan fingerprint density at radius 1 is 1.08 bits per heavy atom. The monoisotopic (exact) mass is 346 g/mol. The number of carbonyl (C=O) groups is 1. The van der Waals surface area contributed by atoms with Crippen LogP contribution in [0, 0.1) is 0 Å². The topological polar surface area (TPSA) is 75.3 Å². The van der Waals surface area contributed by atoms with Gasteiger partial charge in [-0.05, 0) is 29.7 Å². The van der Waals surface area contributed by atoms with E-state index >= 15 is 0 Å². The van der Waals surface area contributed by atoms with E-state index in [1.807, 2.05) is 37.3 Å². The van der Waals surface area contributed by atoms with Crippen LogP contribution in [-0.4, -0.2) is 27.4 Å². The van der Waals surface area contributed by atoms with Gasteiger partial charge in [0.15, 0.2) is 0 Å². The number of benzene rings is 2. The summed E-state index contributed by atoms with van der Waals surface area (Å²) in [5.74, 6) is -0.116. The van der Waals surface area contributed by atoms with Crippen LogP contribution in [0.1, 0.15) is 35.7 Å². The van der Waals surface area contributed by atoms with Crippen molar-refractivity contribution in [2.75, 3.05) is 13.1 Å². The molecule has 2 aromatic carbocycles. The Morgan fingerprint density at radius 3 is 2.46 bits per heavy atom. The molecule has 24 heavy (non-hydrogen) atoms. The van der Waals surface area contributed by atoms with Gasteiger partial charge in [-0.3, -0.25) is 4.79 Å². The molecule has 0 aliphatic heterocycles. The summed E-state index contributed by atoms with van der Waals surface area (Å²) in [6.45, 7) is 4.52. The predicted molar refractivity (Wildman–Crippen MR) is 94.5 cm³/mol. The quantitative estimate of drug-likeness (QED) is 0.809. The highest BCUT2D eigenvalue weighted by Gasteiger charge is 2.15. The van der Waals surface area contributed by atoms with E-state index in [0.717, 1.165) is 5.56 Å². The maximum Gasteiger partial charge on any atom is 0.251 e. The zero-order chi connectivity index (χ0) is 17.6. The summed E-state index contributed by atoms with van der Waals surface area (Å²) < 4.78 is 26.4. The number of sulfonamides is 1. The van der Waals surface area contributed by atoms with Gasteiger partial charge < -0.3 is 5.32 Å². The molecule has 0 bridgehead atoms. The molecular weight excluding hydrogens is 324 g/mol. The minimum Gasteiger partial charge on any atom is -0.351 e. The standard InChI is InChI=1S/C18H22N2O3S/c1-3-20-24(22,23)17-11-7-10-16(12-17)18(21)19-13-14(2)15-8-5-4-6-9-15/h4-12,14,20H,3,13H2,1-2H3,(H,19,21). The van der Waals surface area contributed by atoms with Crippen molar-refractivity contribution in [2.45, 2.75) is 24.7 Å². The van der Waals surface area contributed by atoms with E-state index in [1.165, 1.54) is 12.1 Å². The van der Waals surface area contributed by atoms with Crippen molar-refractivity contribution < 1.29 is 13.2 Å². The molecule has 0 aliphatic rings. The molecule has 128 valence electrons. The van der Waals surface area contributed by atoms with Crippen molar-refractivity contribution in [3.05, 3.63) is 65.7 Å². The number of carbonyl (C=O) groups excluding carboxylic acids is 1. The average molecular weight is 346 g/mol. The average Bonchev–Trinajstić information content (AvgIpc) is 2.60. The number of nitrogens with one attached hydrogen (secondary N) is 2. The minimum atomic E-state index is -3.57. The fourth-order valence-electron chi connectivity index (χ4n) is 2.33. The molecule has 1 amide bonds. The summed E-state index contributed by atoms with van der Waals surface area (Å²) in [5, 5.41) is 2.85. The van der Waals surface area contributed by atoms with Gasteiger partial charge in [0, 0.05) is 18.7 Å². The van der Waals surface area contributed by atoms with Gasteiger partial charge in [0.1, 0.15) is 0 Å². The summed E-state index contributed by atoms with van der Waals surface area (Å²) in [6, 6.07) is 15.9. The highest BCUT2D eigenvalue weighted by molar-refractivity contribution is 7.89. The summed E-state index contributed by atoms with van der Waals surface area (Å²) in [5.41, 5.74) is 1.47. The van der Waals surface area contributed by atoms with Crippen LogP contribution in [0.4, 0.5) is 0 Å². The molecule has 1 atom stereocenters. The van der Waals surface area contributed by atoms with Crippen LogP contribution >= 0.6 is 0 Å². The summed E-state index contributed by atoms with van der Waals surface area (Å²) >= 11 is 0. The molecule has 2 N–H and O–H groups in total. The van der Waals surface area contributed by atoms with Gasteiger partial charge in [0.25, 0.3) is 5.91 Å². The van der Waals surface area contributed by atoms with Crippen molar-refractivity contribution >= 4 is 15.9 Å². The fraction of sp³-hybridized carbons (Fsp3) is 0.278. The second kappa shape index (κ2) is 8.08. The molecule has 0 aromatic heterocycles. The Balaban J connectivity index is 2.05. The fourth-order valence-corrected chi connectivity index (χ4v) is 3.41. The Labute approximate surface area is 143 Å². The maximum atomic E-state index is 12.3. The normalized spacial score (nSPS) is 12.6. The lowest BCUT2D eigenvalue weighted by Gasteiger charge is -2.13. The summed E-state index contributed by atoms with van der Waals surface area (Å²) in [6.07, 6.45) is 0. The van der Waals surface area contributed by atoms with Gasteiger partial charge in [0.05, 0.1) is 4.90 Å². The van der Waals surface area contributed by atoms with Crippen molar-refractivity contribution in [1.82, 2.24) is 10.0 Å². The van der Waals surface area contributed by atoms with Gasteiger partial charge in [-0.25, -0.2) is 13.1 Å². The molecule has 0 fully saturated rings. The van der Waals surface area contributed by atoms with Gasteiger partial charge in [-0.15, -0.1) is 0 Å². The van der Waals surface area contributed by atoms with E-state index in [1.54, 1.807) is 19.1 Å². The van der Waals surface area contributed by atoms with Crippen LogP contribution in [0.15, 0.2) is 59.5 Å². The van der Waals surface area contributed by atoms with E-state index in [0.29, 0.717) is 18.7 Å². The first kappa shape index (κ1) is 18.2. The highest BCUT2D eigenvalue weighted by Crippen LogP contribution is 2.14. The van der Waals surface area contributed by atoms with E-state index in [-0.39, 0.29) is 16.7 Å². The lowest BCUT2D eigenvalue weighted by Crippen LogP contribution is -2.28. The molecule has 2 aromatic rings. The van der Waals surface area contributed by atoms with Crippen molar-refractivity contribution in [1.29, 1.82) is 0 Å². The van der Waals surface area contributed by atoms with Gasteiger partial charge in [0.2, 0.25) is 10.0 Å². The Hall–Kier alpha value is -2.18. The van der Waals surface area contributed by atoms with Crippen molar-refractivity contribution in [2.24, 2.45) is 0 Å². The zero-order valence-electron chi connectivity index (χ0n) is 13.8. The van der Waals surface area contributed by atoms with Crippen LogP contribution in [0.3, 0.4) is 0 Å². The lowest BCUT2D eigenvalue weighted by atomic mass is 10.0. The van der Waals surface area contributed by atoms with Gasteiger partial charge >= 0.3 is 0 Å². The molecular formula is C18H22N2O3S. The smallest absolute Gasteiger partial charge is 0.251 e. The SMILES string of the molecule is CCNS(=O)(=O)c1cccc(C(=O)NCC(C)c2ccccc2)c1. The molecule has 6 heteroatoms. The molecule has 0 spiro atoms. The summed E-state index contributed by atoms with van der Waals surface area (Å²) in [7, 11) is -3.57. The third-order valence-corrected chi connectivity index (χ3v) is 5.22. The lowest BCUT2D eigenvalue weighted by molar-refractivity contribution is 0.0951. The number of hydrogen-bond donors (Lipinski definition) is 2. The highest BCUT2D eigenvalue weighted by atomic mass is 32.2. The maximum absolute atomic E-state index is 12.3. The van der Waals surface area contributed by atoms with Crippen molar-refractivity contribution in [3.63, 3.8) is 0 Å². The first-order valence-electron chi connectivity index (χ1n) is 7.87.